The van der Waals surface area contributed by atoms with Crippen molar-refractivity contribution >= 4 is 47.4 Å². The number of pyridine rings is 1. The Morgan fingerprint density at radius 2 is 1.94 bits per heavy atom. The highest BCUT2D eigenvalue weighted by Crippen LogP contribution is 2.26. The fourth-order valence-electron chi connectivity index (χ4n) is 4.19. The topological polar surface area (TPSA) is 83.3 Å². The van der Waals surface area contributed by atoms with Crippen LogP contribution in [0.15, 0.2) is 23.3 Å². The Morgan fingerprint density at radius 1 is 1.16 bits per heavy atom. The molecule has 8 nitrogen and oxygen atoms in total. The van der Waals surface area contributed by atoms with Gasteiger partial charge in [-0.3, -0.25) is 0 Å². The van der Waals surface area contributed by atoms with E-state index in [-0.39, 0.29) is 24.0 Å². The zero-order valence-electron chi connectivity index (χ0n) is 18.2. The maximum atomic E-state index is 6.35. The summed E-state index contributed by atoms with van der Waals surface area (Å²) in [5.41, 5.74) is 0. The van der Waals surface area contributed by atoms with Crippen LogP contribution < -0.4 is 15.5 Å². The second-order valence-electron chi connectivity index (χ2n) is 8.25. The van der Waals surface area contributed by atoms with Crippen LogP contribution in [0.2, 0.25) is 5.02 Å². The summed E-state index contributed by atoms with van der Waals surface area (Å²) in [6, 6.07) is 4.53. The Balaban J connectivity index is 0.00000272. The molecule has 10 heteroatoms. The normalized spacial score (nSPS) is 19.9. The molecule has 2 fully saturated rings. The maximum Gasteiger partial charge on any atom is 0.192 e. The Morgan fingerprint density at radius 3 is 2.65 bits per heavy atom. The molecule has 1 saturated carbocycles. The van der Waals surface area contributed by atoms with Gasteiger partial charge in [0.05, 0.1) is 5.02 Å². The fourth-order valence-corrected chi connectivity index (χ4v) is 4.43. The van der Waals surface area contributed by atoms with Gasteiger partial charge in [0.2, 0.25) is 0 Å². The lowest BCUT2D eigenvalue weighted by Crippen LogP contribution is -2.48. The number of aryl methyl sites for hydroxylation is 1. The number of nitrogens with one attached hydrogen (secondary N) is 2. The van der Waals surface area contributed by atoms with Crippen LogP contribution in [0, 0.1) is 6.92 Å². The number of hydrogen-bond acceptors (Lipinski definition) is 5. The number of rotatable bonds is 5. The number of nitrogens with zero attached hydrogens (tertiary/aromatic N) is 6. The van der Waals surface area contributed by atoms with Crippen molar-refractivity contribution in [1.82, 2.24) is 30.4 Å². The molecule has 0 radical (unpaired) electrons. The molecule has 0 amide bonds. The van der Waals surface area contributed by atoms with Crippen LogP contribution in [0.3, 0.4) is 0 Å². The number of aliphatic imine (C=N–C) groups is 1. The quantitative estimate of drug-likeness (QED) is 0.332. The third-order valence-electron chi connectivity index (χ3n) is 6.08. The Kier molecular flexibility index (Phi) is 8.76. The van der Waals surface area contributed by atoms with Crippen molar-refractivity contribution in [1.29, 1.82) is 0 Å². The summed E-state index contributed by atoms with van der Waals surface area (Å²) in [6.45, 7) is 4.23. The average Bonchev–Trinajstić information content (AvgIpc) is 3.34. The van der Waals surface area contributed by atoms with Gasteiger partial charge in [0.15, 0.2) is 11.8 Å². The molecule has 0 bridgehead atoms. The maximum absolute atomic E-state index is 6.35. The van der Waals surface area contributed by atoms with Gasteiger partial charge < -0.3 is 20.1 Å². The molecule has 4 rings (SSSR count). The summed E-state index contributed by atoms with van der Waals surface area (Å²) < 4.78 is 1.99. The van der Waals surface area contributed by atoms with Gasteiger partial charge in [-0.25, -0.2) is 9.98 Å². The van der Waals surface area contributed by atoms with Gasteiger partial charge in [-0.15, -0.1) is 34.2 Å². The minimum Gasteiger partial charge on any atom is -0.354 e. The van der Waals surface area contributed by atoms with Crippen LogP contribution in [0.25, 0.3) is 0 Å². The molecule has 2 aromatic rings. The molecular formula is C21H32ClIN8. The smallest absolute Gasteiger partial charge is 0.192 e. The number of halogens is 2. The molecule has 0 aromatic carbocycles. The van der Waals surface area contributed by atoms with Crippen LogP contribution >= 0.6 is 35.6 Å². The molecule has 1 aliphatic carbocycles. The number of hydrogen-bond donors (Lipinski definition) is 2. The largest absolute Gasteiger partial charge is 0.354 e. The fraction of sp³-hybridized carbons (Fsp3) is 0.619. The highest BCUT2D eigenvalue weighted by atomic mass is 127. The van der Waals surface area contributed by atoms with E-state index in [9.17, 15) is 0 Å². The summed E-state index contributed by atoms with van der Waals surface area (Å²) >= 11 is 6.35. The molecule has 31 heavy (non-hydrogen) atoms. The van der Waals surface area contributed by atoms with Crippen LogP contribution in [0.4, 0.5) is 5.82 Å². The molecule has 0 spiro atoms. The summed E-state index contributed by atoms with van der Waals surface area (Å²) in [4.78, 5) is 11.6. The van der Waals surface area contributed by atoms with Gasteiger partial charge >= 0.3 is 0 Å². The summed E-state index contributed by atoms with van der Waals surface area (Å²) in [6.07, 6.45) is 9.10. The lowest BCUT2D eigenvalue weighted by Gasteiger charge is -2.26. The minimum atomic E-state index is 0. The predicted molar refractivity (Wildman–Crippen MR) is 135 cm³/mol. The molecule has 1 atom stereocenters. The van der Waals surface area contributed by atoms with E-state index in [0.29, 0.717) is 23.7 Å². The first kappa shape index (κ1) is 24.0. The van der Waals surface area contributed by atoms with E-state index in [0.717, 1.165) is 42.9 Å². The van der Waals surface area contributed by atoms with E-state index in [4.69, 9.17) is 16.6 Å². The van der Waals surface area contributed by atoms with Crippen molar-refractivity contribution in [3.8, 4) is 0 Å². The lowest BCUT2D eigenvalue weighted by molar-refractivity contribution is 0.408. The molecule has 170 valence electrons. The lowest BCUT2D eigenvalue weighted by atomic mass is 9.96. The monoisotopic (exact) mass is 558 g/mol. The Bertz CT molecular complexity index is 880. The van der Waals surface area contributed by atoms with Gasteiger partial charge in [0.25, 0.3) is 0 Å². The van der Waals surface area contributed by atoms with Crippen molar-refractivity contribution in [2.45, 2.75) is 64.1 Å². The van der Waals surface area contributed by atoms with Crippen molar-refractivity contribution in [2.24, 2.45) is 12.0 Å². The molecule has 3 heterocycles. The minimum absolute atomic E-state index is 0. The van der Waals surface area contributed by atoms with Crippen molar-refractivity contribution < 1.29 is 0 Å². The SMILES string of the molecule is Cc1nnc(CN=C(NC2CCCCC2)NC2CCN(c3ncccc3Cl)C2)n1C.I. The first-order valence-electron chi connectivity index (χ1n) is 10.9. The highest BCUT2D eigenvalue weighted by molar-refractivity contribution is 14.0. The molecule has 1 saturated heterocycles. The van der Waals surface area contributed by atoms with E-state index >= 15 is 0 Å². The molecule has 2 aliphatic rings. The summed E-state index contributed by atoms with van der Waals surface area (Å²) in [5.74, 6) is 3.48. The highest BCUT2D eigenvalue weighted by Gasteiger charge is 2.26. The Labute approximate surface area is 206 Å². The van der Waals surface area contributed by atoms with Gasteiger partial charge in [-0.2, -0.15) is 0 Å². The van der Waals surface area contributed by atoms with E-state index in [1.165, 1.54) is 32.1 Å². The third kappa shape index (κ3) is 6.21. The van der Waals surface area contributed by atoms with Crippen LogP contribution in [0.5, 0.6) is 0 Å². The number of anilines is 1. The van der Waals surface area contributed by atoms with Crippen LogP contribution in [-0.4, -0.2) is 50.9 Å². The predicted octanol–water partition coefficient (Wildman–Crippen LogP) is 3.44. The van der Waals surface area contributed by atoms with E-state index in [1.54, 1.807) is 6.20 Å². The van der Waals surface area contributed by atoms with Gasteiger partial charge in [-0.05, 0) is 38.3 Å². The van der Waals surface area contributed by atoms with E-state index in [2.05, 4.69) is 30.7 Å². The molecule has 1 aliphatic heterocycles. The van der Waals surface area contributed by atoms with Gasteiger partial charge in [-0.1, -0.05) is 30.9 Å². The number of aromatic nitrogens is 4. The zero-order valence-corrected chi connectivity index (χ0v) is 21.3. The van der Waals surface area contributed by atoms with Crippen molar-refractivity contribution in [3.05, 3.63) is 35.0 Å². The standard InChI is InChI=1S/C21H31ClN8.HI/c1-15-27-28-19(29(15)2)13-24-21(25-16-7-4-3-5-8-16)26-17-10-12-30(14-17)20-18(22)9-6-11-23-20;/h6,9,11,16-17H,3-5,7-8,10,12-14H2,1-2H3,(H2,24,25,26);1H. The molecule has 2 aromatic heterocycles. The second kappa shape index (κ2) is 11.3. The van der Waals surface area contributed by atoms with Crippen LogP contribution in [-0.2, 0) is 13.6 Å². The first-order chi connectivity index (χ1) is 14.6. The van der Waals surface area contributed by atoms with E-state index < -0.39 is 0 Å². The zero-order chi connectivity index (χ0) is 20.9. The van der Waals surface area contributed by atoms with Gasteiger partial charge in [0, 0.05) is 38.4 Å². The summed E-state index contributed by atoms with van der Waals surface area (Å²) in [7, 11) is 1.98. The molecule has 1 unspecified atom stereocenters. The van der Waals surface area contributed by atoms with E-state index in [1.807, 2.05) is 30.7 Å². The second-order valence-corrected chi connectivity index (χ2v) is 8.66. The van der Waals surface area contributed by atoms with Crippen molar-refractivity contribution in [3.63, 3.8) is 0 Å². The Hall–Kier alpha value is -1.62. The first-order valence-corrected chi connectivity index (χ1v) is 11.3. The van der Waals surface area contributed by atoms with Gasteiger partial charge in [0.1, 0.15) is 18.2 Å². The summed E-state index contributed by atoms with van der Waals surface area (Å²) in [5, 5.41) is 16.4. The number of guanidine groups is 1. The average molecular weight is 559 g/mol. The van der Waals surface area contributed by atoms with Crippen LogP contribution in [0.1, 0.15) is 50.2 Å². The molecule has 2 N–H and O–H groups in total. The third-order valence-corrected chi connectivity index (χ3v) is 6.37. The molecular weight excluding hydrogens is 527 g/mol. The van der Waals surface area contributed by atoms with Crippen molar-refractivity contribution in [2.75, 3.05) is 18.0 Å².